The van der Waals surface area contributed by atoms with Crippen molar-refractivity contribution in [2.24, 2.45) is 0 Å². The minimum atomic E-state index is -0.642. The van der Waals surface area contributed by atoms with Crippen molar-refractivity contribution < 1.29 is 14.2 Å². The Labute approximate surface area is 107 Å². The van der Waals surface area contributed by atoms with Gasteiger partial charge in [-0.15, -0.1) is 0 Å². The van der Waals surface area contributed by atoms with Gasteiger partial charge in [-0.05, 0) is 37.5 Å². The summed E-state index contributed by atoms with van der Waals surface area (Å²) in [6.07, 6.45) is 1.68. The van der Waals surface area contributed by atoms with Crippen LogP contribution in [0.1, 0.15) is 31.4 Å². The zero-order valence-electron chi connectivity index (χ0n) is 10.9. The first-order chi connectivity index (χ1) is 8.58. The molecule has 1 N–H and O–H groups in total. The molecule has 0 aliphatic carbocycles. The predicted molar refractivity (Wildman–Crippen MR) is 69.3 cm³/mol. The Morgan fingerprint density at radius 3 is 2.89 bits per heavy atom. The van der Waals surface area contributed by atoms with Gasteiger partial charge in [0.2, 0.25) is 0 Å². The standard InChI is InChI=1S/C14H20FNO2/c1-10(17)11-5-6-14(13(15)8-11)16(2)9-12-4-3-7-18-12/h5-6,8,10,12,17H,3-4,7,9H2,1-2H3/t10-,12?/m1/s1. The van der Waals surface area contributed by atoms with Gasteiger partial charge >= 0.3 is 0 Å². The second-order valence-electron chi connectivity index (χ2n) is 4.90. The molecule has 2 atom stereocenters. The summed E-state index contributed by atoms with van der Waals surface area (Å²) in [5, 5.41) is 9.41. The number of nitrogens with zero attached hydrogens (tertiary/aromatic N) is 1. The van der Waals surface area contributed by atoms with Crippen LogP contribution in [0.3, 0.4) is 0 Å². The van der Waals surface area contributed by atoms with Crippen molar-refractivity contribution in [1.82, 2.24) is 0 Å². The number of hydrogen-bond acceptors (Lipinski definition) is 3. The summed E-state index contributed by atoms with van der Waals surface area (Å²) < 4.78 is 19.5. The van der Waals surface area contributed by atoms with E-state index in [1.165, 1.54) is 6.07 Å². The third-order valence-electron chi connectivity index (χ3n) is 3.37. The Hall–Kier alpha value is -1.13. The van der Waals surface area contributed by atoms with Crippen LogP contribution >= 0.6 is 0 Å². The number of hydrogen-bond donors (Lipinski definition) is 1. The van der Waals surface area contributed by atoms with Gasteiger partial charge in [-0.2, -0.15) is 0 Å². The molecule has 0 aromatic heterocycles. The van der Waals surface area contributed by atoms with Crippen LogP contribution in [0, 0.1) is 5.82 Å². The van der Waals surface area contributed by atoms with E-state index in [0.717, 1.165) is 19.4 Å². The molecule has 4 heteroatoms. The number of ether oxygens (including phenoxy) is 1. The van der Waals surface area contributed by atoms with E-state index in [1.807, 2.05) is 11.9 Å². The van der Waals surface area contributed by atoms with E-state index < -0.39 is 6.10 Å². The van der Waals surface area contributed by atoms with Crippen LogP contribution in [0.5, 0.6) is 0 Å². The molecule has 1 aromatic rings. The van der Waals surface area contributed by atoms with Crippen LogP contribution in [0.25, 0.3) is 0 Å². The van der Waals surface area contributed by atoms with Gasteiger partial charge in [-0.25, -0.2) is 4.39 Å². The maximum Gasteiger partial charge on any atom is 0.146 e. The molecule has 100 valence electrons. The fraction of sp³-hybridized carbons (Fsp3) is 0.571. The monoisotopic (exact) mass is 253 g/mol. The number of halogens is 1. The van der Waals surface area contributed by atoms with Gasteiger partial charge in [0.05, 0.1) is 17.9 Å². The van der Waals surface area contributed by atoms with E-state index in [0.29, 0.717) is 17.8 Å². The maximum absolute atomic E-state index is 13.9. The number of rotatable bonds is 4. The minimum absolute atomic E-state index is 0.200. The van der Waals surface area contributed by atoms with Crippen molar-refractivity contribution in [2.45, 2.75) is 32.0 Å². The number of benzene rings is 1. The molecular formula is C14H20FNO2. The van der Waals surface area contributed by atoms with E-state index in [9.17, 15) is 9.50 Å². The lowest BCUT2D eigenvalue weighted by Crippen LogP contribution is -2.29. The van der Waals surface area contributed by atoms with Crippen molar-refractivity contribution in [3.8, 4) is 0 Å². The first-order valence-corrected chi connectivity index (χ1v) is 6.38. The van der Waals surface area contributed by atoms with Gasteiger partial charge in [0.25, 0.3) is 0 Å². The third-order valence-corrected chi connectivity index (χ3v) is 3.37. The lowest BCUT2D eigenvalue weighted by atomic mass is 10.1. The van der Waals surface area contributed by atoms with Gasteiger partial charge < -0.3 is 14.7 Å². The average Bonchev–Trinajstić information content (AvgIpc) is 2.81. The second kappa shape index (κ2) is 5.67. The zero-order valence-corrected chi connectivity index (χ0v) is 10.9. The molecule has 1 unspecified atom stereocenters. The van der Waals surface area contributed by atoms with Crippen LogP contribution < -0.4 is 4.90 Å². The lowest BCUT2D eigenvalue weighted by molar-refractivity contribution is 0.116. The predicted octanol–water partition coefficient (Wildman–Crippen LogP) is 2.49. The molecule has 18 heavy (non-hydrogen) atoms. The van der Waals surface area contributed by atoms with Gasteiger partial charge in [0, 0.05) is 20.2 Å². The Morgan fingerprint density at radius 1 is 1.56 bits per heavy atom. The van der Waals surface area contributed by atoms with Crippen molar-refractivity contribution in [3.63, 3.8) is 0 Å². The SMILES string of the molecule is C[C@@H](O)c1ccc(N(C)CC2CCCO2)c(F)c1. The molecule has 0 saturated carbocycles. The quantitative estimate of drug-likeness (QED) is 0.895. The van der Waals surface area contributed by atoms with Crippen LogP contribution in [-0.4, -0.2) is 31.4 Å². The molecule has 1 fully saturated rings. The molecule has 1 aliphatic heterocycles. The Morgan fingerprint density at radius 2 is 2.33 bits per heavy atom. The Balaban J connectivity index is 2.07. The molecule has 1 aromatic carbocycles. The molecular weight excluding hydrogens is 233 g/mol. The summed E-state index contributed by atoms with van der Waals surface area (Å²) in [7, 11) is 1.86. The van der Waals surface area contributed by atoms with Gasteiger partial charge in [-0.3, -0.25) is 0 Å². The fourth-order valence-electron chi connectivity index (χ4n) is 2.28. The van der Waals surface area contributed by atoms with E-state index >= 15 is 0 Å². The van der Waals surface area contributed by atoms with E-state index in [4.69, 9.17) is 4.74 Å². The molecule has 1 heterocycles. The van der Waals surface area contributed by atoms with Crippen molar-refractivity contribution in [3.05, 3.63) is 29.6 Å². The molecule has 0 radical (unpaired) electrons. The third kappa shape index (κ3) is 3.00. The van der Waals surface area contributed by atoms with Crippen molar-refractivity contribution in [1.29, 1.82) is 0 Å². The molecule has 2 rings (SSSR count). The summed E-state index contributed by atoms with van der Waals surface area (Å²) in [4.78, 5) is 1.87. The summed E-state index contributed by atoms with van der Waals surface area (Å²) in [6, 6.07) is 4.87. The summed E-state index contributed by atoms with van der Waals surface area (Å²) in [6.45, 7) is 3.14. The Kier molecular flexibility index (Phi) is 4.19. The van der Waals surface area contributed by atoms with Gasteiger partial charge in [0.1, 0.15) is 5.82 Å². The van der Waals surface area contributed by atoms with Crippen LogP contribution in [0.4, 0.5) is 10.1 Å². The summed E-state index contributed by atoms with van der Waals surface area (Å²) >= 11 is 0. The smallest absolute Gasteiger partial charge is 0.146 e. The van der Waals surface area contributed by atoms with Crippen molar-refractivity contribution in [2.75, 3.05) is 25.1 Å². The van der Waals surface area contributed by atoms with E-state index in [2.05, 4.69) is 0 Å². The highest BCUT2D eigenvalue weighted by atomic mass is 19.1. The normalized spacial score (nSPS) is 21.0. The van der Waals surface area contributed by atoms with Crippen LogP contribution in [0.15, 0.2) is 18.2 Å². The minimum Gasteiger partial charge on any atom is -0.389 e. The highest BCUT2D eigenvalue weighted by Crippen LogP contribution is 2.24. The molecule has 0 amide bonds. The summed E-state index contributed by atoms with van der Waals surface area (Å²) in [5.41, 5.74) is 1.15. The number of aliphatic hydroxyl groups is 1. The number of anilines is 1. The molecule has 1 saturated heterocycles. The molecule has 0 spiro atoms. The zero-order chi connectivity index (χ0) is 13.1. The number of aliphatic hydroxyl groups excluding tert-OH is 1. The number of likely N-dealkylation sites (N-methyl/N-ethyl adjacent to an activating group) is 1. The van der Waals surface area contributed by atoms with Gasteiger partial charge in [0.15, 0.2) is 0 Å². The topological polar surface area (TPSA) is 32.7 Å². The first kappa shape index (κ1) is 13.3. The van der Waals surface area contributed by atoms with Gasteiger partial charge in [-0.1, -0.05) is 6.07 Å². The maximum atomic E-state index is 13.9. The highest BCUT2D eigenvalue weighted by molar-refractivity contribution is 5.48. The molecule has 0 bridgehead atoms. The Bertz CT molecular complexity index is 403. The highest BCUT2D eigenvalue weighted by Gasteiger charge is 2.19. The fourth-order valence-corrected chi connectivity index (χ4v) is 2.28. The van der Waals surface area contributed by atoms with Crippen molar-refractivity contribution >= 4 is 5.69 Å². The molecule has 3 nitrogen and oxygen atoms in total. The van der Waals surface area contributed by atoms with Crippen LogP contribution in [-0.2, 0) is 4.74 Å². The first-order valence-electron chi connectivity index (χ1n) is 6.38. The molecule has 1 aliphatic rings. The largest absolute Gasteiger partial charge is 0.389 e. The van der Waals surface area contributed by atoms with E-state index in [-0.39, 0.29) is 11.9 Å². The average molecular weight is 253 g/mol. The second-order valence-corrected chi connectivity index (χ2v) is 4.90. The van der Waals surface area contributed by atoms with Crippen LogP contribution in [0.2, 0.25) is 0 Å². The van der Waals surface area contributed by atoms with E-state index in [1.54, 1.807) is 19.1 Å². The lowest BCUT2D eigenvalue weighted by Gasteiger charge is -2.23. The summed E-state index contributed by atoms with van der Waals surface area (Å²) in [5.74, 6) is -0.297.